The van der Waals surface area contributed by atoms with E-state index in [0.29, 0.717) is 0 Å². The molecule has 0 radical (unpaired) electrons. The molecule has 0 aliphatic rings. The van der Waals surface area contributed by atoms with Crippen molar-refractivity contribution in [2.75, 3.05) is 0 Å². The molecule has 0 N–H and O–H groups in total. The van der Waals surface area contributed by atoms with Crippen LogP contribution in [0.4, 0.5) is 0 Å². The van der Waals surface area contributed by atoms with Gasteiger partial charge in [-0.05, 0) is 89.0 Å². The summed E-state index contributed by atoms with van der Waals surface area (Å²) >= 11 is 0. The molecule has 0 aromatic heterocycles. The molecule has 0 bridgehead atoms. The molecule has 0 spiro atoms. The number of rotatable bonds is 4. The predicted molar refractivity (Wildman–Crippen MR) is 181 cm³/mol. The molecule has 8 aromatic carbocycles. The second-order valence-corrected chi connectivity index (χ2v) is 11.0. The SMILES string of the molecule is c1cc(-c2cccc3ccccc23)cc(-c2ccc(-c3ccc(-c4ccc5ccccc5c4)cc3)c3ccccc23)c1. The highest BCUT2D eigenvalue weighted by molar-refractivity contribution is 6.06. The van der Waals surface area contributed by atoms with E-state index in [1.54, 1.807) is 0 Å². The van der Waals surface area contributed by atoms with Gasteiger partial charge in [0, 0.05) is 0 Å². The number of fused-ring (bicyclic) bond motifs is 3. The summed E-state index contributed by atoms with van der Waals surface area (Å²) in [6.45, 7) is 0. The quantitative estimate of drug-likeness (QED) is 0.211. The van der Waals surface area contributed by atoms with Gasteiger partial charge in [-0.15, -0.1) is 0 Å². The maximum absolute atomic E-state index is 2.33. The van der Waals surface area contributed by atoms with E-state index in [1.165, 1.54) is 76.8 Å². The van der Waals surface area contributed by atoms with Gasteiger partial charge in [-0.3, -0.25) is 0 Å². The molecule has 0 nitrogen and oxygen atoms in total. The Kier molecular flexibility index (Phi) is 5.90. The van der Waals surface area contributed by atoms with Crippen LogP contribution >= 0.6 is 0 Å². The van der Waals surface area contributed by atoms with Crippen LogP contribution < -0.4 is 0 Å². The average Bonchev–Trinajstić information content (AvgIpc) is 3.07. The lowest BCUT2D eigenvalue weighted by atomic mass is 9.90. The lowest BCUT2D eigenvalue weighted by molar-refractivity contribution is 1.60. The molecule has 0 heterocycles. The molecule has 0 atom stereocenters. The van der Waals surface area contributed by atoms with Crippen molar-refractivity contribution in [2.45, 2.75) is 0 Å². The summed E-state index contributed by atoms with van der Waals surface area (Å²) in [5.41, 5.74) is 9.95. The zero-order chi connectivity index (χ0) is 27.9. The number of hydrogen-bond acceptors (Lipinski definition) is 0. The van der Waals surface area contributed by atoms with E-state index in [0.717, 1.165) is 0 Å². The summed E-state index contributed by atoms with van der Waals surface area (Å²) in [4.78, 5) is 0. The molecule has 0 aliphatic carbocycles. The normalized spacial score (nSPS) is 11.3. The molecule has 0 unspecified atom stereocenters. The lowest BCUT2D eigenvalue weighted by Crippen LogP contribution is -1.88. The van der Waals surface area contributed by atoms with Crippen LogP contribution in [0.5, 0.6) is 0 Å². The Bertz CT molecular complexity index is 2230. The zero-order valence-corrected chi connectivity index (χ0v) is 23.2. The molecular weight excluding hydrogens is 504 g/mol. The molecule has 196 valence electrons. The average molecular weight is 533 g/mol. The molecule has 8 aromatic rings. The molecule has 8 rings (SSSR count). The second-order valence-electron chi connectivity index (χ2n) is 11.0. The first-order chi connectivity index (χ1) is 20.8. The molecule has 0 fully saturated rings. The fraction of sp³-hybridized carbons (Fsp3) is 0. The fourth-order valence-electron chi connectivity index (χ4n) is 6.35. The minimum absolute atomic E-state index is 1.23. The summed E-state index contributed by atoms with van der Waals surface area (Å²) in [6, 6.07) is 61.8. The highest BCUT2D eigenvalue weighted by Crippen LogP contribution is 2.38. The van der Waals surface area contributed by atoms with Gasteiger partial charge in [-0.25, -0.2) is 0 Å². The zero-order valence-electron chi connectivity index (χ0n) is 23.2. The summed E-state index contributed by atoms with van der Waals surface area (Å²) in [5.74, 6) is 0. The Labute approximate surface area is 246 Å². The number of benzene rings is 8. The van der Waals surface area contributed by atoms with Gasteiger partial charge in [-0.2, -0.15) is 0 Å². The second kappa shape index (κ2) is 10.2. The van der Waals surface area contributed by atoms with Crippen molar-refractivity contribution in [3.63, 3.8) is 0 Å². The van der Waals surface area contributed by atoms with E-state index in [1.807, 2.05) is 0 Å². The molecule has 0 aliphatic heterocycles. The van der Waals surface area contributed by atoms with Crippen LogP contribution in [-0.4, -0.2) is 0 Å². The minimum atomic E-state index is 1.23. The largest absolute Gasteiger partial charge is 0.0616 e. The van der Waals surface area contributed by atoms with Crippen LogP contribution in [-0.2, 0) is 0 Å². The maximum atomic E-state index is 2.33. The third-order valence-electron chi connectivity index (χ3n) is 8.48. The summed E-state index contributed by atoms with van der Waals surface area (Å²) in [6.07, 6.45) is 0. The van der Waals surface area contributed by atoms with Crippen LogP contribution in [0.3, 0.4) is 0 Å². The van der Waals surface area contributed by atoms with Crippen molar-refractivity contribution >= 4 is 32.3 Å². The van der Waals surface area contributed by atoms with Crippen molar-refractivity contribution in [1.29, 1.82) is 0 Å². The van der Waals surface area contributed by atoms with Crippen LogP contribution in [0.1, 0.15) is 0 Å². The monoisotopic (exact) mass is 532 g/mol. The van der Waals surface area contributed by atoms with Gasteiger partial charge >= 0.3 is 0 Å². The van der Waals surface area contributed by atoms with Crippen LogP contribution in [0.15, 0.2) is 170 Å². The van der Waals surface area contributed by atoms with Gasteiger partial charge < -0.3 is 0 Å². The Morgan fingerprint density at radius 2 is 0.714 bits per heavy atom. The van der Waals surface area contributed by atoms with Gasteiger partial charge in [-0.1, -0.05) is 158 Å². The van der Waals surface area contributed by atoms with Crippen molar-refractivity contribution in [3.8, 4) is 44.5 Å². The van der Waals surface area contributed by atoms with Gasteiger partial charge in [0.15, 0.2) is 0 Å². The standard InChI is InChI=1S/C42H28/c1-2-11-33-27-34(24-21-29(33)9-1)30-19-22-32(23-20-30)39-25-26-40(42-17-6-5-16-41(39)42)36-14-7-13-35(28-36)38-18-8-12-31-10-3-4-15-37(31)38/h1-28H. The fourth-order valence-corrected chi connectivity index (χ4v) is 6.35. The third kappa shape index (κ3) is 4.26. The molecule has 0 saturated heterocycles. The van der Waals surface area contributed by atoms with E-state index >= 15 is 0 Å². The Balaban J connectivity index is 1.19. The van der Waals surface area contributed by atoms with Gasteiger partial charge in [0.1, 0.15) is 0 Å². The summed E-state index contributed by atoms with van der Waals surface area (Å²) in [7, 11) is 0. The third-order valence-corrected chi connectivity index (χ3v) is 8.48. The lowest BCUT2D eigenvalue weighted by Gasteiger charge is -2.14. The van der Waals surface area contributed by atoms with Crippen molar-refractivity contribution < 1.29 is 0 Å². The minimum Gasteiger partial charge on any atom is -0.0616 e. The molecule has 0 amide bonds. The van der Waals surface area contributed by atoms with E-state index in [-0.39, 0.29) is 0 Å². The van der Waals surface area contributed by atoms with Crippen molar-refractivity contribution in [1.82, 2.24) is 0 Å². The molecule has 0 saturated carbocycles. The Hall–Kier alpha value is -5.46. The van der Waals surface area contributed by atoms with Crippen LogP contribution in [0.2, 0.25) is 0 Å². The van der Waals surface area contributed by atoms with E-state index in [9.17, 15) is 0 Å². The smallest absolute Gasteiger partial charge is 0.00992 e. The van der Waals surface area contributed by atoms with E-state index < -0.39 is 0 Å². The van der Waals surface area contributed by atoms with Crippen molar-refractivity contribution in [3.05, 3.63) is 170 Å². The first-order valence-electron chi connectivity index (χ1n) is 14.5. The highest BCUT2D eigenvalue weighted by Gasteiger charge is 2.12. The number of hydrogen-bond donors (Lipinski definition) is 0. The molecule has 42 heavy (non-hydrogen) atoms. The summed E-state index contributed by atoms with van der Waals surface area (Å²) < 4.78 is 0. The van der Waals surface area contributed by atoms with E-state index in [4.69, 9.17) is 0 Å². The van der Waals surface area contributed by atoms with Gasteiger partial charge in [0.05, 0.1) is 0 Å². The highest BCUT2D eigenvalue weighted by atomic mass is 14.2. The predicted octanol–water partition coefficient (Wildman–Crippen LogP) is 11.8. The summed E-state index contributed by atoms with van der Waals surface area (Å²) in [5, 5.41) is 7.62. The van der Waals surface area contributed by atoms with Crippen molar-refractivity contribution in [2.24, 2.45) is 0 Å². The topological polar surface area (TPSA) is 0 Å². The molecular formula is C42H28. The Morgan fingerprint density at radius 1 is 0.214 bits per heavy atom. The Morgan fingerprint density at radius 3 is 1.45 bits per heavy atom. The van der Waals surface area contributed by atoms with Gasteiger partial charge in [0.25, 0.3) is 0 Å². The first kappa shape index (κ1) is 24.3. The first-order valence-corrected chi connectivity index (χ1v) is 14.5. The van der Waals surface area contributed by atoms with E-state index in [2.05, 4.69) is 170 Å². The van der Waals surface area contributed by atoms with Crippen LogP contribution in [0.25, 0.3) is 76.8 Å². The van der Waals surface area contributed by atoms with Gasteiger partial charge in [0.2, 0.25) is 0 Å². The maximum Gasteiger partial charge on any atom is -0.00992 e. The molecule has 0 heteroatoms. The van der Waals surface area contributed by atoms with Crippen LogP contribution in [0, 0.1) is 0 Å².